The van der Waals surface area contributed by atoms with Crippen LogP contribution in [0.3, 0.4) is 0 Å². The van der Waals surface area contributed by atoms with Crippen molar-refractivity contribution in [3.8, 4) is 22.9 Å². The molecule has 0 spiro atoms. The highest BCUT2D eigenvalue weighted by molar-refractivity contribution is 8.28. The summed E-state index contributed by atoms with van der Waals surface area (Å²) < 4.78 is 0. The van der Waals surface area contributed by atoms with Gasteiger partial charge in [-0.15, -0.1) is 0 Å². The fourth-order valence-corrected chi connectivity index (χ4v) is 5.82. The van der Waals surface area contributed by atoms with Crippen LogP contribution in [-0.4, -0.2) is 15.8 Å². The van der Waals surface area contributed by atoms with Gasteiger partial charge in [-0.05, 0) is 67.4 Å². The fourth-order valence-electron chi connectivity index (χ4n) is 3.39. The van der Waals surface area contributed by atoms with E-state index in [1.54, 1.807) is 30.3 Å². The second kappa shape index (κ2) is 7.69. The SMILES string of the molecule is CC1(C)C(=O)[SH](c2ccc(C#N)c(Cl)c2)NN1c1ccc(-c2ccc(O)cc2)cc1. The number of nitrogens with one attached hydrogen (secondary N) is 1. The number of hydrogen-bond acceptors (Lipinski definition) is 5. The molecule has 0 amide bonds. The first-order valence-corrected chi connectivity index (χ1v) is 11.0. The number of carbonyl (C=O) groups excluding carboxylic acids is 1. The molecule has 0 radical (unpaired) electrons. The maximum atomic E-state index is 13.2. The third-order valence-corrected chi connectivity index (χ3v) is 7.60. The summed E-state index contributed by atoms with van der Waals surface area (Å²) >= 11 is 4.86. The van der Waals surface area contributed by atoms with E-state index in [9.17, 15) is 9.90 Å². The summed E-state index contributed by atoms with van der Waals surface area (Å²) in [5, 5.41) is 20.9. The second-order valence-corrected chi connectivity index (χ2v) is 9.71. The molecule has 0 aromatic heterocycles. The van der Waals surface area contributed by atoms with Crippen molar-refractivity contribution in [2.75, 3.05) is 5.01 Å². The van der Waals surface area contributed by atoms with Gasteiger partial charge < -0.3 is 5.11 Å². The van der Waals surface area contributed by atoms with Crippen molar-refractivity contribution in [2.45, 2.75) is 24.3 Å². The van der Waals surface area contributed by atoms with E-state index in [2.05, 4.69) is 4.83 Å². The monoisotopic (exact) mass is 437 g/mol. The van der Waals surface area contributed by atoms with Crippen LogP contribution in [0.4, 0.5) is 5.69 Å². The number of carbonyl (C=O) groups is 1. The number of aromatic hydroxyl groups is 1. The Bertz CT molecular complexity index is 1150. The second-order valence-electron chi connectivity index (χ2n) is 7.50. The molecule has 1 aliphatic rings. The molecule has 0 saturated carbocycles. The molecular formula is C23H20ClN3O2S. The summed E-state index contributed by atoms with van der Waals surface area (Å²) in [4.78, 5) is 17.3. The van der Waals surface area contributed by atoms with Gasteiger partial charge in [0.25, 0.3) is 0 Å². The van der Waals surface area contributed by atoms with Crippen molar-refractivity contribution in [1.29, 1.82) is 5.26 Å². The molecule has 7 heteroatoms. The van der Waals surface area contributed by atoms with Crippen molar-refractivity contribution in [2.24, 2.45) is 0 Å². The quantitative estimate of drug-likeness (QED) is 0.491. The third-order valence-electron chi connectivity index (χ3n) is 5.14. The number of benzene rings is 3. The van der Waals surface area contributed by atoms with Gasteiger partial charge in [0.1, 0.15) is 17.4 Å². The molecule has 1 aliphatic heterocycles. The predicted molar refractivity (Wildman–Crippen MR) is 122 cm³/mol. The molecule has 30 heavy (non-hydrogen) atoms. The zero-order valence-electron chi connectivity index (χ0n) is 16.4. The number of halogens is 1. The normalized spacial score (nSPS) is 18.9. The van der Waals surface area contributed by atoms with E-state index in [-0.39, 0.29) is 10.9 Å². The van der Waals surface area contributed by atoms with Crippen molar-refractivity contribution in [3.05, 3.63) is 77.3 Å². The topological polar surface area (TPSA) is 76.4 Å². The lowest BCUT2D eigenvalue weighted by Crippen LogP contribution is -2.46. The summed E-state index contributed by atoms with van der Waals surface area (Å²) in [6, 6.07) is 22.1. The molecule has 1 unspecified atom stereocenters. The van der Waals surface area contributed by atoms with Gasteiger partial charge in [0.05, 0.1) is 16.3 Å². The largest absolute Gasteiger partial charge is 0.508 e. The number of hydrogen-bond donors (Lipinski definition) is 3. The lowest BCUT2D eigenvalue weighted by atomic mass is 10.0. The standard InChI is InChI=1S/C23H20ClN3O2S/c1-23(2)22(29)30(20-12-7-17(14-25)21(24)13-20)26-27(23)18-8-3-15(4-9-18)16-5-10-19(28)11-6-16/h3-13,26,28,30H,1-2H3. The summed E-state index contributed by atoms with van der Waals surface area (Å²) in [6.45, 7) is 3.79. The Hall–Kier alpha value is -2.98. The smallest absolute Gasteiger partial charge is 0.213 e. The molecule has 2 N–H and O–H groups in total. The highest BCUT2D eigenvalue weighted by Gasteiger charge is 2.46. The van der Waals surface area contributed by atoms with Crippen LogP contribution in [0, 0.1) is 11.3 Å². The molecule has 0 aliphatic carbocycles. The summed E-state index contributed by atoms with van der Waals surface area (Å²) in [5.41, 5.74) is 2.54. The Labute approximate surface area is 183 Å². The van der Waals surface area contributed by atoms with Crippen LogP contribution in [0.25, 0.3) is 11.1 Å². The van der Waals surface area contributed by atoms with E-state index in [0.29, 0.717) is 10.6 Å². The zero-order chi connectivity index (χ0) is 21.5. The predicted octanol–water partition coefficient (Wildman–Crippen LogP) is 5.19. The average Bonchev–Trinajstić information content (AvgIpc) is 2.98. The maximum Gasteiger partial charge on any atom is 0.213 e. The third kappa shape index (κ3) is 3.52. The first-order chi connectivity index (χ1) is 14.3. The molecule has 3 aromatic rings. The van der Waals surface area contributed by atoms with Gasteiger partial charge >= 0.3 is 0 Å². The van der Waals surface area contributed by atoms with E-state index in [0.717, 1.165) is 21.7 Å². The number of thiol groups is 1. The van der Waals surface area contributed by atoms with Gasteiger partial charge in [0.15, 0.2) is 0 Å². The molecule has 0 bridgehead atoms. The van der Waals surface area contributed by atoms with Crippen LogP contribution >= 0.6 is 22.7 Å². The van der Waals surface area contributed by atoms with E-state index in [1.807, 2.05) is 61.3 Å². The first kappa shape index (κ1) is 20.3. The summed E-state index contributed by atoms with van der Waals surface area (Å²) in [7, 11) is 0. The fraction of sp³-hybridized carbons (Fsp3) is 0.130. The molecule has 3 aromatic carbocycles. The number of anilines is 1. The van der Waals surface area contributed by atoms with E-state index in [1.165, 1.54) is 0 Å². The number of hydrazine groups is 1. The first-order valence-electron chi connectivity index (χ1n) is 9.31. The minimum absolute atomic E-state index is 0.0842. The van der Waals surface area contributed by atoms with E-state index in [4.69, 9.17) is 16.9 Å². The van der Waals surface area contributed by atoms with Crippen molar-refractivity contribution >= 4 is 33.5 Å². The highest BCUT2D eigenvalue weighted by atomic mass is 35.5. The van der Waals surface area contributed by atoms with E-state index >= 15 is 0 Å². The van der Waals surface area contributed by atoms with Crippen LogP contribution in [0.15, 0.2) is 71.6 Å². The van der Waals surface area contributed by atoms with E-state index < -0.39 is 16.6 Å². The van der Waals surface area contributed by atoms with Crippen LogP contribution in [-0.2, 0) is 4.79 Å². The lowest BCUT2D eigenvalue weighted by Gasteiger charge is -2.30. The zero-order valence-corrected chi connectivity index (χ0v) is 18.1. The van der Waals surface area contributed by atoms with Gasteiger partial charge in [0, 0.05) is 4.90 Å². The van der Waals surface area contributed by atoms with Gasteiger partial charge in [-0.3, -0.25) is 9.80 Å². The summed E-state index contributed by atoms with van der Waals surface area (Å²) in [5.74, 6) is 0.230. The van der Waals surface area contributed by atoms with Gasteiger partial charge in [-0.25, -0.2) is 0 Å². The van der Waals surface area contributed by atoms with Crippen LogP contribution in [0.2, 0.25) is 5.02 Å². The molecule has 1 heterocycles. The number of nitrogens with zero attached hydrogens (tertiary/aromatic N) is 2. The molecule has 152 valence electrons. The van der Waals surface area contributed by atoms with Gasteiger partial charge in [0.2, 0.25) is 5.12 Å². The summed E-state index contributed by atoms with van der Waals surface area (Å²) in [6.07, 6.45) is 0. The average molecular weight is 438 g/mol. The molecule has 1 fully saturated rings. The Kier molecular flexibility index (Phi) is 5.20. The number of phenolic OH excluding ortho intramolecular Hbond substituents is 1. The Morgan fingerprint density at radius 2 is 1.63 bits per heavy atom. The van der Waals surface area contributed by atoms with Crippen molar-refractivity contribution in [3.63, 3.8) is 0 Å². The molecule has 5 nitrogen and oxygen atoms in total. The van der Waals surface area contributed by atoms with Crippen LogP contribution in [0.5, 0.6) is 5.75 Å². The molecule has 1 atom stereocenters. The molecular weight excluding hydrogens is 418 g/mol. The highest BCUT2D eigenvalue weighted by Crippen LogP contribution is 2.47. The molecule has 1 saturated heterocycles. The Morgan fingerprint density at radius 1 is 1.03 bits per heavy atom. The van der Waals surface area contributed by atoms with Crippen LogP contribution in [0.1, 0.15) is 19.4 Å². The number of phenols is 1. The Balaban J connectivity index is 1.63. The number of nitriles is 1. The molecule has 4 rings (SSSR count). The van der Waals surface area contributed by atoms with Gasteiger partial charge in [-0.2, -0.15) is 10.1 Å². The Morgan fingerprint density at radius 3 is 2.20 bits per heavy atom. The minimum Gasteiger partial charge on any atom is -0.508 e. The van der Waals surface area contributed by atoms with Gasteiger partial charge in [-0.1, -0.05) is 46.9 Å². The lowest BCUT2D eigenvalue weighted by molar-refractivity contribution is -0.114. The van der Waals surface area contributed by atoms with Crippen molar-refractivity contribution in [1.82, 2.24) is 4.83 Å². The van der Waals surface area contributed by atoms with Crippen LogP contribution < -0.4 is 9.84 Å². The van der Waals surface area contributed by atoms with Crippen molar-refractivity contribution < 1.29 is 9.90 Å². The minimum atomic E-state index is -1.33. The maximum absolute atomic E-state index is 13.2. The number of rotatable bonds is 3.